The molecule has 0 aliphatic heterocycles. The van der Waals surface area contributed by atoms with E-state index in [1.807, 2.05) is 0 Å². The first-order valence-corrected chi connectivity index (χ1v) is 9.61. The molecule has 44 valence electrons. The van der Waals surface area contributed by atoms with Crippen LogP contribution in [0.15, 0.2) is 0 Å². The number of rotatable bonds is 4. The topological polar surface area (TPSA) is 0 Å². The van der Waals surface area contributed by atoms with E-state index in [0.717, 1.165) is 27.7 Å². The van der Waals surface area contributed by atoms with Crippen molar-refractivity contribution in [3.8, 4) is 0 Å². The van der Waals surface area contributed by atoms with Crippen LogP contribution in [0, 0.1) is 0 Å². The van der Waals surface area contributed by atoms with Gasteiger partial charge in [0.2, 0.25) is 0 Å². The number of hydrogen-bond acceptors (Lipinski definition) is 1. The molecular weight excluding hydrogens is 238 g/mol. The molecule has 3 heteroatoms. The van der Waals surface area contributed by atoms with Gasteiger partial charge >= 0.3 is 60.8 Å². The molecule has 0 atom stereocenters. The van der Waals surface area contributed by atoms with Crippen molar-refractivity contribution in [3.63, 3.8) is 0 Å². The Morgan fingerprint density at radius 3 is 1.86 bits per heavy atom. The van der Waals surface area contributed by atoms with E-state index in [9.17, 15) is 0 Å². The van der Waals surface area contributed by atoms with Gasteiger partial charge < -0.3 is 0 Å². The summed E-state index contributed by atoms with van der Waals surface area (Å²) in [6, 6.07) is 0. The molecule has 0 aromatic rings. The molecule has 0 bridgehead atoms. The van der Waals surface area contributed by atoms with E-state index in [4.69, 9.17) is 0 Å². The van der Waals surface area contributed by atoms with E-state index < -0.39 is 0 Å². The Morgan fingerprint density at radius 2 is 1.57 bits per heavy atom. The van der Waals surface area contributed by atoms with E-state index in [2.05, 4.69) is 22.4 Å². The molecule has 0 unspecified atom stereocenters. The predicted molar refractivity (Wildman–Crippen MR) is 40.1 cm³/mol. The van der Waals surface area contributed by atoms with Gasteiger partial charge in [0.05, 0.1) is 0 Å². The third-order valence-electron chi connectivity index (χ3n) is 0.332. The van der Waals surface area contributed by atoms with E-state index in [1.54, 1.807) is 0 Å². The van der Waals surface area contributed by atoms with Crippen LogP contribution in [-0.2, 0) is 0 Å². The molecular formula is C4H10SSe2. The Bertz CT molecular complexity index is 28.9. The van der Waals surface area contributed by atoms with Gasteiger partial charge in [0.1, 0.15) is 0 Å². The first kappa shape index (κ1) is 8.39. The minimum atomic E-state index is 0.913. The molecule has 0 fully saturated rings. The monoisotopic (exact) mass is 250 g/mol. The van der Waals surface area contributed by atoms with Gasteiger partial charge in [0.25, 0.3) is 0 Å². The zero-order valence-electron chi connectivity index (χ0n) is 4.64. The van der Waals surface area contributed by atoms with Gasteiger partial charge in [-0.15, -0.1) is 0 Å². The van der Waals surface area contributed by atoms with Gasteiger partial charge in [-0.2, -0.15) is 0 Å². The molecule has 0 saturated carbocycles. The second-order valence-electron chi connectivity index (χ2n) is 0.881. The Kier molecular flexibility index (Phi) is 8.86. The average Bonchev–Trinajstić information content (AvgIpc) is 1.69. The average molecular weight is 248 g/mol. The molecule has 0 amide bonds. The molecule has 0 nitrogen and oxygen atoms in total. The van der Waals surface area contributed by atoms with Crippen LogP contribution in [0.5, 0.6) is 0 Å². The van der Waals surface area contributed by atoms with Gasteiger partial charge in [0.15, 0.2) is 0 Å². The summed E-state index contributed by atoms with van der Waals surface area (Å²) in [5, 5.41) is 2.80. The summed E-state index contributed by atoms with van der Waals surface area (Å²) in [5.41, 5.74) is 0. The fourth-order valence-corrected chi connectivity index (χ4v) is 10.5. The number of hydrogen-bond donors (Lipinski definition) is 0. The summed E-state index contributed by atoms with van der Waals surface area (Å²) in [6.07, 6.45) is 0. The van der Waals surface area contributed by atoms with Gasteiger partial charge in [-0.3, -0.25) is 0 Å². The van der Waals surface area contributed by atoms with Gasteiger partial charge in [-0.1, -0.05) is 0 Å². The fourth-order valence-electron chi connectivity index (χ4n) is 0.130. The summed E-state index contributed by atoms with van der Waals surface area (Å²) in [4.78, 5) is 0. The molecule has 7 heavy (non-hydrogen) atoms. The predicted octanol–water partition coefficient (Wildman–Crippen LogP) is 1.83. The second-order valence-corrected chi connectivity index (χ2v) is 12.2. The third kappa shape index (κ3) is 7.39. The second kappa shape index (κ2) is 7.39. The van der Waals surface area contributed by atoms with Crippen LogP contribution in [0.25, 0.3) is 0 Å². The summed E-state index contributed by atoms with van der Waals surface area (Å²) >= 11 is 1.83. The summed E-state index contributed by atoms with van der Waals surface area (Å²) < 4.78 is 0. The van der Waals surface area contributed by atoms with Crippen molar-refractivity contribution in [2.75, 3.05) is 0 Å². The van der Waals surface area contributed by atoms with Crippen LogP contribution in [0.3, 0.4) is 0 Å². The maximum absolute atomic E-state index is 2.26. The van der Waals surface area contributed by atoms with Crippen LogP contribution in [0.2, 0.25) is 10.6 Å². The molecule has 0 rings (SSSR count). The maximum atomic E-state index is 2.26. The SMILES string of the molecule is CC[Se]S[Se]CC. The van der Waals surface area contributed by atoms with Crippen LogP contribution in [0.4, 0.5) is 0 Å². The summed E-state index contributed by atoms with van der Waals surface area (Å²) in [5.74, 6) is 0. The molecule has 0 spiro atoms. The molecule has 0 aromatic heterocycles. The zero-order chi connectivity index (χ0) is 5.54. The molecule has 0 radical (unpaired) electrons. The third-order valence-corrected chi connectivity index (χ3v) is 11.5. The summed E-state index contributed by atoms with van der Waals surface area (Å²) in [6.45, 7) is 4.53. The molecule has 0 aliphatic carbocycles. The van der Waals surface area contributed by atoms with Gasteiger partial charge in [-0.25, -0.2) is 0 Å². The Balaban J connectivity index is 2.45. The van der Waals surface area contributed by atoms with Crippen molar-refractivity contribution in [1.29, 1.82) is 0 Å². The van der Waals surface area contributed by atoms with E-state index >= 15 is 0 Å². The Morgan fingerprint density at radius 1 is 1.14 bits per heavy atom. The quantitative estimate of drug-likeness (QED) is 0.540. The standard InChI is InChI=1S/C4H10SSe2/c1-3-6-5-7-4-2/h3-4H2,1-2H3. The van der Waals surface area contributed by atoms with Crippen molar-refractivity contribution in [1.82, 2.24) is 0 Å². The van der Waals surface area contributed by atoms with E-state index in [0.29, 0.717) is 0 Å². The van der Waals surface area contributed by atoms with Crippen LogP contribution < -0.4 is 0 Å². The van der Waals surface area contributed by atoms with E-state index in [1.165, 1.54) is 10.6 Å². The summed E-state index contributed by atoms with van der Waals surface area (Å²) in [7, 11) is 2.18. The molecule has 0 aromatic carbocycles. The van der Waals surface area contributed by atoms with Crippen LogP contribution in [0.1, 0.15) is 13.8 Å². The van der Waals surface area contributed by atoms with Crippen LogP contribution >= 0.6 is 8.60 Å². The van der Waals surface area contributed by atoms with Crippen molar-refractivity contribution < 1.29 is 0 Å². The van der Waals surface area contributed by atoms with Crippen molar-refractivity contribution in [2.45, 2.75) is 24.5 Å². The normalized spacial score (nSPS) is 9.43. The molecule has 0 saturated heterocycles. The first-order chi connectivity index (χ1) is 3.41. The zero-order valence-corrected chi connectivity index (χ0v) is 8.88. The van der Waals surface area contributed by atoms with Gasteiger partial charge in [-0.05, 0) is 0 Å². The van der Waals surface area contributed by atoms with Crippen molar-refractivity contribution in [3.05, 3.63) is 0 Å². The van der Waals surface area contributed by atoms with Crippen LogP contribution in [-0.4, -0.2) is 27.7 Å². The fraction of sp³-hybridized carbons (Fsp3) is 1.00. The van der Waals surface area contributed by atoms with E-state index in [-0.39, 0.29) is 0 Å². The minimum absolute atomic E-state index is 0.913. The first-order valence-electron chi connectivity index (χ1n) is 2.32. The van der Waals surface area contributed by atoms with Crippen molar-refractivity contribution in [2.24, 2.45) is 0 Å². The van der Waals surface area contributed by atoms with Crippen molar-refractivity contribution >= 4 is 36.3 Å². The van der Waals surface area contributed by atoms with Gasteiger partial charge in [0, 0.05) is 0 Å². The molecule has 0 aliphatic rings. The molecule has 0 N–H and O–H groups in total. The molecule has 0 heterocycles. The Labute approximate surface area is 60.7 Å². The Hall–Kier alpha value is 1.39.